The van der Waals surface area contributed by atoms with Gasteiger partial charge in [0.2, 0.25) is 39.3 Å². The SMILES string of the molecule is Cc1ccc(C(=O)c2cc(C(=O)c3ccc(C)cc3)cc(C(=O)c3ccc(C)cc3)c2)cc1.Cc1ccc(C(=O)c2cc(C)cc(C)c2)cc1.Cc1ccc(S(=O)(=O)c2cc(C)cc(C)c2)cc1.Cc1ccc(S(=O)(=O)c2cc(S(=O)(=O)c3ccc(C)cc3)cc(S(=O)(=O)c3ccc(C)cc3)c2)cc1. The lowest BCUT2D eigenvalue weighted by molar-refractivity contribution is 0.102. The quantitative estimate of drug-likeness (QED) is 0.0829. The molecule has 0 saturated carbocycles. The molecule has 0 saturated heterocycles. The Kier molecular flexibility index (Phi) is 24.2. The van der Waals surface area contributed by atoms with Gasteiger partial charge < -0.3 is 0 Å². The van der Waals surface area contributed by atoms with Crippen molar-refractivity contribution in [3.8, 4) is 0 Å². The molecule has 0 heterocycles. The lowest BCUT2D eigenvalue weighted by Crippen LogP contribution is -2.10. The fraction of sp³-hybridized carbons (Fsp3) is 0.136. The molecule has 0 aromatic heterocycles. The first kappa shape index (κ1) is 77.3. The summed E-state index contributed by atoms with van der Waals surface area (Å²) in [6, 6.07) is 73.6. The van der Waals surface area contributed by atoms with Crippen LogP contribution in [-0.2, 0) is 39.3 Å². The van der Waals surface area contributed by atoms with Crippen LogP contribution in [0.25, 0.3) is 0 Å². The van der Waals surface area contributed by atoms with Crippen molar-refractivity contribution < 1.29 is 52.8 Å². The minimum Gasteiger partial charge on any atom is -0.289 e. The van der Waals surface area contributed by atoms with Gasteiger partial charge >= 0.3 is 0 Å². The molecule has 12 aromatic rings. The summed E-state index contributed by atoms with van der Waals surface area (Å²) < 4.78 is 106. The second kappa shape index (κ2) is 32.6. The molecule has 0 spiro atoms. The van der Waals surface area contributed by atoms with Crippen LogP contribution in [0.1, 0.15) is 130 Å². The van der Waals surface area contributed by atoms with E-state index in [-0.39, 0.29) is 37.8 Å². The van der Waals surface area contributed by atoms with Crippen LogP contribution in [0, 0.1) is 83.1 Å². The van der Waals surface area contributed by atoms with Crippen molar-refractivity contribution in [3.63, 3.8) is 0 Å². The van der Waals surface area contributed by atoms with Crippen molar-refractivity contribution in [2.75, 3.05) is 0 Å². The van der Waals surface area contributed by atoms with E-state index in [2.05, 4.69) is 6.07 Å². The van der Waals surface area contributed by atoms with Crippen LogP contribution in [0.4, 0.5) is 0 Å². The Morgan fingerprint density at radius 1 is 0.154 bits per heavy atom. The van der Waals surface area contributed by atoms with Gasteiger partial charge in [0, 0.05) is 44.5 Å². The number of ketones is 4. The number of hydrogen-bond acceptors (Lipinski definition) is 12. The summed E-state index contributed by atoms with van der Waals surface area (Å²) in [4.78, 5) is 51.2. The highest BCUT2D eigenvalue weighted by Gasteiger charge is 2.29. The molecule has 0 fully saturated rings. The van der Waals surface area contributed by atoms with Crippen LogP contribution in [0.2, 0.25) is 0 Å². The van der Waals surface area contributed by atoms with Gasteiger partial charge in [-0.3, -0.25) is 19.2 Å². The van der Waals surface area contributed by atoms with E-state index in [1.54, 1.807) is 136 Å². The van der Waals surface area contributed by atoms with Crippen molar-refractivity contribution in [2.45, 2.75) is 122 Å². The van der Waals surface area contributed by atoms with E-state index < -0.39 is 54.0 Å². The predicted octanol–water partition coefficient (Wildman–Crippen LogP) is 18.7. The fourth-order valence-electron chi connectivity index (χ4n) is 11.1. The summed E-state index contributed by atoms with van der Waals surface area (Å²) in [5.74, 6) is -0.596. The molecular weight excluding hydrogens is 1380 g/mol. The third-order valence-electron chi connectivity index (χ3n) is 17.1. The Labute approximate surface area is 611 Å². The molecule has 12 nitrogen and oxygen atoms in total. The average Bonchev–Trinajstić information content (AvgIpc) is 0.753. The molecule has 0 bridgehead atoms. The van der Waals surface area contributed by atoms with Crippen LogP contribution in [-0.4, -0.2) is 56.8 Å². The third kappa shape index (κ3) is 19.0. The molecule has 0 aliphatic rings. The topological polar surface area (TPSA) is 205 Å². The molecule has 16 heteroatoms. The highest BCUT2D eigenvalue weighted by molar-refractivity contribution is 7.93. The number of sulfone groups is 4. The summed E-state index contributed by atoms with van der Waals surface area (Å²) in [5.41, 5.74) is 16.0. The summed E-state index contributed by atoms with van der Waals surface area (Å²) >= 11 is 0. The molecule has 104 heavy (non-hydrogen) atoms. The molecule has 0 N–H and O–H groups in total. The smallest absolute Gasteiger partial charge is 0.206 e. The molecule has 528 valence electrons. The standard InChI is InChI=1S/C30H24O3.C27H24O6S3.C16H16O.C15H16O2S/c1-19-4-10-22(11-5-19)28(31)25-16-26(29(32)23-12-6-20(2)7-13-23)18-27(17-25)30(33)24-14-8-21(3)9-15-24;1-19-4-10-22(11-5-19)34(28,29)25-16-26(35(30,31)23-12-6-20(2)7-13-23)18-27(17-25)36(32,33)24-14-8-21(3)9-15-24;1-11-4-6-14(7-5-11)16(17)15-9-12(2)8-13(3)10-15;1-11-4-6-14(7-5-11)18(16,17)15-9-12(2)8-13(3)10-15/h4-18H,1-3H3;4-18H,1-3H3;4-10H,1-3H3;4-10H,1-3H3. The first-order valence-corrected chi connectivity index (χ1v) is 39.2. The molecular formula is C88H80O12S4. The minimum atomic E-state index is -4.23. The summed E-state index contributed by atoms with van der Waals surface area (Å²) in [7, 11) is -16.1. The number of carbonyl (C=O) groups excluding carboxylic acids is 4. The summed E-state index contributed by atoms with van der Waals surface area (Å²) in [5, 5.41) is 0. The number of hydrogen-bond donors (Lipinski definition) is 0. The maximum absolute atomic E-state index is 13.5. The minimum absolute atomic E-state index is 0.0725. The van der Waals surface area contributed by atoms with E-state index in [4.69, 9.17) is 0 Å². The van der Waals surface area contributed by atoms with E-state index >= 15 is 0 Å². The van der Waals surface area contributed by atoms with Gasteiger partial charge in [-0.1, -0.05) is 213 Å². The number of rotatable bonds is 16. The van der Waals surface area contributed by atoms with Gasteiger partial charge in [-0.15, -0.1) is 0 Å². The lowest BCUT2D eigenvalue weighted by atomic mass is 9.92. The monoisotopic (exact) mass is 1460 g/mol. The zero-order valence-electron chi connectivity index (χ0n) is 59.9. The highest BCUT2D eigenvalue weighted by Crippen LogP contribution is 2.34. The zero-order chi connectivity index (χ0) is 75.6. The summed E-state index contributed by atoms with van der Waals surface area (Å²) in [6.45, 7) is 23.1. The first-order valence-electron chi connectivity index (χ1n) is 33.3. The third-order valence-corrected chi connectivity index (χ3v) is 24.1. The number of carbonyl (C=O) groups is 4. The zero-order valence-corrected chi connectivity index (χ0v) is 63.2. The van der Waals surface area contributed by atoms with Gasteiger partial charge in [-0.25, -0.2) is 33.7 Å². The molecule has 0 aliphatic carbocycles. The second-order valence-electron chi connectivity index (χ2n) is 26.2. The summed E-state index contributed by atoms with van der Waals surface area (Å²) in [6.07, 6.45) is 0. The molecule has 12 aromatic carbocycles. The molecule has 0 amide bonds. The van der Waals surface area contributed by atoms with E-state index in [0.29, 0.717) is 43.2 Å². The predicted molar refractivity (Wildman–Crippen MR) is 410 cm³/mol. The number of aryl methyl sites for hydroxylation is 12. The van der Waals surface area contributed by atoms with Crippen molar-refractivity contribution in [1.29, 1.82) is 0 Å². The normalized spacial score (nSPS) is 11.3. The van der Waals surface area contributed by atoms with Gasteiger partial charge in [-0.2, -0.15) is 0 Å². The van der Waals surface area contributed by atoms with E-state index in [1.165, 1.54) is 42.0 Å². The van der Waals surface area contributed by atoms with E-state index in [0.717, 1.165) is 90.5 Å². The van der Waals surface area contributed by atoms with Gasteiger partial charge in [-0.05, 0) is 203 Å². The fourth-order valence-corrected chi connectivity index (χ4v) is 16.8. The molecule has 12 rings (SSSR count). The molecule has 0 radical (unpaired) electrons. The Hall–Kier alpha value is -10.9. The number of benzene rings is 12. The van der Waals surface area contributed by atoms with Crippen molar-refractivity contribution in [3.05, 3.63) is 378 Å². The highest BCUT2D eigenvalue weighted by atomic mass is 32.2. The Bertz CT molecular complexity index is 5230. The van der Waals surface area contributed by atoms with Gasteiger partial charge in [0.05, 0.1) is 39.2 Å². The van der Waals surface area contributed by atoms with Crippen molar-refractivity contribution >= 4 is 62.5 Å². The van der Waals surface area contributed by atoms with Crippen LogP contribution in [0.15, 0.2) is 306 Å². The maximum Gasteiger partial charge on any atom is 0.206 e. The van der Waals surface area contributed by atoms with Crippen LogP contribution in [0.5, 0.6) is 0 Å². The Balaban J connectivity index is 0.000000169. The van der Waals surface area contributed by atoms with Crippen LogP contribution in [0.3, 0.4) is 0 Å². The Morgan fingerprint density at radius 2 is 0.308 bits per heavy atom. The van der Waals surface area contributed by atoms with Crippen molar-refractivity contribution in [1.82, 2.24) is 0 Å². The van der Waals surface area contributed by atoms with Crippen molar-refractivity contribution in [2.24, 2.45) is 0 Å². The molecule has 0 unspecified atom stereocenters. The van der Waals surface area contributed by atoms with Gasteiger partial charge in [0.15, 0.2) is 23.1 Å². The second-order valence-corrected chi connectivity index (χ2v) is 34.0. The average molecular weight is 1460 g/mol. The largest absolute Gasteiger partial charge is 0.289 e. The Morgan fingerprint density at radius 3 is 0.500 bits per heavy atom. The van der Waals surface area contributed by atoms with Gasteiger partial charge in [0.1, 0.15) is 0 Å². The maximum atomic E-state index is 13.5. The lowest BCUT2D eigenvalue weighted by Gasteiger charge is -2.13. The molecule has 0 aliphatic heterocycles. The van der Waals surface area contributed by atoms with Gasteiger partial charge in [0.25, 0.3) is 0 Å². The van der Waals surface area contributed by atoms with E-state index in [1.807, 2.05) is 153 Å². The van der Waals surface area contributed by atoms with Crippen LogP contribution >= 0.6 is 0 Å². The van der Waals surface area contributed by atoms with Crippen LogP contribution < -0.4 is 0 Å². The first-order chi connectivity index (χ1) is 49.1. The molecule has 0 atom stereocenters. The van der Waals surface area contributed by atoms with E-state index in [9.17, 15) is 52.8 Å².